The first-order valence-electron chi connectivity index (χ1n) is 3.54. The Morgan fingerprint density at radius 2 is 1.67 bits per heavy atom. The zero-order valence-electron chi connectivity index (χ0n) is 6.73. The van der Waals surface area contributed by atoms with Gasteiger partial charge in [0.2, 0.25) is 0 Å². The predicted molar refractivity (Wildman–Crippen MR) is 51.5 cm³/mol. The Labute approximate surface area is 96.6 Å². The molecule has 0 aromatic carbocycles. The summed E-state index contributed by atoms with van der Waals surface area (Å²) >= 11 is 15.8. The number of nitrogens with one attached hydrogen (secondary N) is 1. The smallest absolute Gasteiger partial charge is 0.319 e. The maximum Gasteiger partial charge on any atom is 0.379 e. The summed E-state index contributed by atoms with van der Waals surface area (Å²) in [7, 11) is 0. The van der Waals surface area contributed by atoms with E-state index in [0.29, 0.717) is 0 Å². The van der Waals surface area contributed by atoms with E-state index >= 15 is 0 Å². The molecule has 0 atom stereocenters. The Hall–Kier alpha value is -0.720. The number of hydrogen-bond donors (Lipinski definition) is 1. The van der Waals surface area contributed by atoms with Crippen molar-refractivity contribution < 1.29 is 8.78 Å². The van der Waals surface area contributed by atoms with E-state index < -0.39 is 11.2 Å². The van der Waals surface area contributed by atoms with Gasteiger partial charge >= 0.3 is 5.38 Å². The van der Waals surface area contributed by atoms with Gasteiger partial charge in [-0.3, -0.25) is 0 Å². The molecule has 0 aliphatic carbocycles. The highest BCUT2D eigenvalue weighted by Gasteiger charge is 2.32. The van der Waals surface area contributed by atoms with Crippen LogP contribution < -0.4 is 0 Å². The molecule has 2 rings (SSSR count). The largest absolute Gasteiger partial charge is 0.379 e. The summed E-state index contributed by atoms with van der Waals surface area (Å²) < 4.78 is 25.3. The summed E-state index contributed by atoms with van der Waals surface area (Å²) in [6.07, 6.45) is 0. The lowest BCUT2D eigenvalue weighted by atomic mass is 10.6. The average molecular weight is 273 g/mol. The molecule has 0 saturated carbocycles. The summed E-state index contributed by atoms with van der Waals surface area (Å²) in [5, 5.41) is -3.82. The average Bonchev–Trinajstić information content (AvgIpc) is 2.47. The number of imidazole rings is 1. The van der Waals surface area contributed by atoms with Crippen LogP contribution in [0.5, 0.6) is 0 Å². The molecule has 2 heterocycles. The van der Waals surface area contributed by atoms with Crippen LogP contribution in [0.1, 0.15) is 5.82 Å². The number of aromatic amines is 1. The number of aromatic nitrogens is 4. The third-order valence-corrected chi connectivity index (χ3v) is 2.32. The van der Waals surface area contributed by atoms with Crippen molar-refractivity contribution in [2.24, 2.45) is 0 Å². The van der Waals surface area contributed by atoms with Gasteiger partial charge < -0.3 is 4.98 Å². The standard InChI is InChI=1S/C6HCl3F2N4/c7-1-2(8)13-4-3(12-1)14-5(15-4)6(9,10)11/h(H,12,13,14,15). The first-order chi connectivity index (χ1) is 6.88. The first-order valence-corrected chi connectivity index (χ1v) is 4.67. The van der Waals surface area contributed by atoms with Crippen molar-refractivity contribution in [2.45, 2.75) is 5.38 Å². The quantitative estimate of drug-likeness (QED) is 0.813. The van der Waals surface area contributed by atoms with E-state index in [-0.39, 0.29) is 21.6 Å². The van der Waals surface area contributed by atoms with Crippen molar-refractivity contribution in [1.29, 1.82) is 0 Å². The monoisotopic (exact) mass is 272 g/mol. The lowest BCUT2D eigenvalue weighted by Crippen LogP contribution is -2.05. The van der Waals surface area contributed by atoms with Gasteiger partial charge in [0, 0.05) is 0 Å². The minimum absolute atomic E-state index is 0.000255. The highest BCUT2D eigenvalue weighted by atomic mass is 35.5. The molecular formula is C6HCl3F2N4. The third kappa shape index (κ3) is 1.97. The number of hydrogen-bond acceptors (Lipinski definition) is 3. The highest BCUT2D eigenvalue weighted by molar-refractivity contribution is 6.40. The fraction of sp³-hybridized carbons (Fsp3) is 0.167. The minimum atomic E-state index is -3.61. The van der Waals surface area contributed by atoms with Gasteiger partial charge in [0.1, 0.15) is 0 Å². The summed E-state index contributed by atoms with van der Waals surface area (Å²) in [5.74, 6) is -0.752. The molecule has 0 amide bonds. The maximum absolute atomic E-state index is 12.6. The molecule has 0 unspecified atom stereocenters. The van der Waals surface area contributed by atoms with Crippen LogP contribution in [0.25, 0.3) is 11.3 Å². The Morgan fingerprint density at radius 1 is 1.07 bits per heavy atom. The third-order valence-electron chi connectivity index (χ3n) is 1.52. The molecule has 2 aromatic heterocycles. The molecular weight excluding hydrogens is 272 g/mol. The van der Waals surface area contributed by atoms with Gasteiger partial charge in [-0.1, -0.05) is 23.2 Å². The Balaban J connectivity index is 2.66. The number of fused-ring (bicyclic) bond motifs is 1. The molecule has 80 valence electrons. The second-order valence-electron chi connectivity index (χ2n) is 2.56. The van der Waals surface area contributed by atoms with Gasteiger partial charge in [-0.05, 0) is 11.6 Å². The minimum Gasteiger partial charge on any atom is -0.319 e. The van der Waals surface area contributed by atoms with E-state index in [0.717, 1.165) is 0 Å². The van der Waals surface area contributed by atoms with Crippen molar-refractivity contribution in [3.05, 3.63) is 16.1 Å². The van der Waals surface area contributed by atoms with E-state index in [1.807, 2.05) is 0 Å². The van der Waals surface area contributed by atoms with Crippen LogP contribution in [-0.2, 0) is 5.38 Å². The molecule has 0 aliphatic rings. The van der Waals surface area contributed by atoms with Crippen LogP contribution in [-0.4, -0.2) is 19.9 Å². The van der Waals surface area contributed by atoms with Gasteiger partial charge in [-0.15, -0.1) is 0 Å². The fourth-order valence-corrected chi connectivity index (χ4v) is 1.27. The fourth-order valence-electron chi connectivity index (χ4n) is 0.928. The summed E-state index contributed by atoms with van der Waals surface area (Å²) in [5.41, 5.74) is -0.0700. The Kier molecular flexibility index (Phi) is 2.44. The lowest BCUT2D eigenvalue weighted by Gasteiger charge is -2.00. The second kappa shape index (κ2) is 3.40. The summed E-state index contributed by atoms with van der Waals surface area (Å²) in [6, 6.07) is 0. The van der Waals surface area contributed by atoms with Crippen LogP contribution in [0.3, 0.4) is 0 Å². The van der Waals surface area contributed by atoms with E-state index in [9.17, 15) is 8.78 Å². The molecule has 2 aromatic rings. The van der Waals surface area contributed by atoms with E-state index in [2.05, 4.69) is 19.9 Å². The van der Waals surface area contributed by atoms with Crippen LogP contribution in [0.4, 0.5) is 8.78 Å². The zero-order valence-corrected chi connectivity index (χ0v) is 9.00. The van der Waals surface area contributed by atoms with E-state index in [4.69, 9.17) is 34.8 Å². The molecule has 0 spiro atoms. The Morgan fingerprint density at radius 3 is 2.27 bits per heavy atom. The molecule has 1 N–H and O–H groups in total. The van der Waals surface area contributed by atoms with Gasteiger partial charge in [0.15, 0.2) is 27.4 Å². The highest BCUT2D eigenvalue weighted by Crippen LogP contribution is 2.31. The van der Waals surface area contributed by atoms with Gasteiger partial charge in [-0.2, -0.15) is 8.78 Å². The van der Waals surface area contributed by atoms with Crippen molar-refractivity contribution >= 4 is 46.1 Å². The first kappa shape index (κ1) is 10.8. The number of nitrogens with zero attached hydrogens (tertiary/aromatic N) is 3. The van der Waals surface area contributed by atoms with Crippen LogP contribution >= 0.6 is 34.8 Å². The second-order valence-corrected chi connectivity index (χ2v) is 3.75. The molecule has 9 heteroatoms. The van der Waals surface area contributed by atoms with Crippen LogP contribution in [0, 0.1) is 0 Å². The van der Waals surface area contributed by atoms with E-state index in [1.54, 1.807) is 0 Å². The number of H-pyrrole nitrogens is 1. The molecule has 0 bridgehead atoms. The number of alkyl halides is 3. The maximum atomic E-state index is 12.6. The Bertz CT molecular complexity index is 482. The van der Waals surface area contributed by atoms with Gasteiger partial charge in [-0.25, -0.2) is 15.0 Å². The summed E-state index contributed by atoms with van der Waals surface area (Å²) in [6.45, 7) is 0. The predicted octanol–water partition coefficient (Wildman–Crippen LogP) is 2.95. The van der Waals surface area contributed by atoms with Gasteiger partial charge in [0.05, 0.1) is 0 Å². The van der Waals surface area contributed by atoms with Crippen molar-refractivity contribution in [3.63, 3.8) is 0 Å². The molecule has 0 aliphatic heterocycles. The van der Waals surface area contributed by atoms with Gasteiger partial charge in [0.25, 0.3) is 0 Å². The van der Waals surface area contributed by atoms with E-state index in [1.165, 1.54) is 0 Å². The number of halogens is 5. The SMILES string of the molecule is FC(F)(Cl)c1nc2nc(Cl)c(Cl)nc2[nH]1. The van der Waals surface area contributed by atoms with Crippen molar-refractivity contribution in [1.82, 2.24) is 19.9 Å². The van der Waals surface area contributed by atoms with Crippen LogP contribution in [0.2, 0.25) is 10.3 Å². The van der Waals surface area contributed by atoms with Crippen molar-refractivity contribution in [2.75, 3.05) is 0 Å². The topological polar surface area (TPSA) is 54.5 Å². The lowest BCUT2D eigenvalue weighted by molar-refractivity contribution is 0.0858. The number of rotatable bonds is 1. The molecule has 4 nitrogen and oxygen atoms in total. The molecule has 0 fully saturated rings. The normalized spacial score (nSPS) is 12.3. The molecule has 0 saturated heterocycles. The molecule has 15 heavy (non-hydrogen) atoms. The zero-order chi connectivity index (χ0) is 11.2. The van der Waals surface area contributed by atoms with Crippen molar-refractivity contribution in [3.8, 4) is 0 Å². The van der Waals surface area contributed by atoms with Crippen LogP contribution in [0.15, 0.2) is 0 Å². The molecule has 0 radical (unpaired) electrons. The summed E-state index contributed by atoms with van der Waals surface area (Å²) in [4.78, 5) is 12.9.